The molecule has 3 fully saturated rings. The Labute approximate surface area is 154 Å². The topological polar surface area (TPSA) is 84.0 Å². The van der Waals surface area contributed by atoms with Gasteiger partial charge in [0.15, 0.2) is 9.84 Å². The Morgan fingerprint density at radius 1 is 0.962 bits per heavy atom. The van der Waals surface area contributed by atoms with E-state index in [9.17, 15) is 16.8 Å². The molecular weight excluding hydrogens is 376 g/mol. The highest BCUT2D eigenvalue weighted by atomic mass is 32.2. The summed E-state index contributed by atoms with van der Waals surface area (Å²) in [5.41, 5.74) is 0. The minimum absolute atomic E-state index is 0.0909. The van der Waals surface area contributed by atoms with Gasteiger partial charge in [-0.15, -0.1) is 0 Å². The van der Waals surface area contributed by atoms with Crippen molar-refractivity contribution in [1.29, 1.82) is 0 Å². The Morgan fingerprint density at radius 2 is 1.62 bits per heavy atom. The summed E-state index contributed by atoms with van der Waals surface area (Å²) in [6.07, 6.45) is 3.59. The predicted octanol–water partition coefficient (Wildman–Crippen LogP) is 0.574. The third-order valence-corrected chi connectivity index (χ3v) is 8.58. The fourth-order valence-electron chi connectivity index (χ4n) is 3.96. The maximum atomic E-state index is 13.0. The van der Waals surface area contributed by atoms with Crippen LogP contribution in [0.1, 0.15) is 12.8 Å². The van der Waals surface area contributed by atoms with Crippen LogP contribution in [0.15, 0.2) is 34.1 Å². The molecule has 1 saturated carbocycles. The van der Waals surface area contributed by atoms with Gasteiger partial charge in [-0.25, -0.2) is 16.8 Å². The average molecular weight is 401 g/mol. The van der Waals surface area contributed by atoms with Crippen LogP contribution in [-0.4, -0.2) is 77.2 Å². The van der Waals surface area contributed by atoms with Crippen LogP contribution in [0.25, 0.3) is 0 Å². The van der Waals surface area contributed by atoms with E-state index in [1.807, 2.05) is 0 Å². The van der Waals surface area contributed by atoms with Gasteiger partial charge >= 0.3 is 0 Å². The van der Waals surface area contributed by atoms with Gasteiger partial charge in [0.2, 0.25) is 10.0 Å². The average Bonchev–Trinajstić information content (AvgIpc) is 3.45. The van der Waals surface area contributed by atoms with E-state index in [-0.39, 0.29) is 15.8 Å². The van der Waals surface area contributed by atoms with Gasteiger partial charge in [-0.3, -0.25) is 4.90 Å². The molecule has 2 atom stereocenters. The zero-order valence-electron chi connectivity index (χ0n) is 14.7. The largest absolute Gasteiger partial charge is 0.378 e. The first-order chi connectivity index (χ1) is 12.3. The van der Waals surface area contributed by atoms with Crippen LogP contribution < -0.4 is 0 Å². The van der Waals surface area contributed by atoms with E-state index in [1.54, 1.807) is 0 Å². The summed E-state index contributed by atoms with van der Waals surface area (Å²) in [7, 11) is -6.99. The fourth-order valence-corrected chi connectivity index (χ4v) is 6.06. The molecule has 0 amide bonds. The van der Waals surface area contributed by atoms with Gasteiger partial charge in [-0.05, 0) is 43.0 Å². The lowest BCUT2D eigenvalue weighted by Crippen LogP contribution is -2.63. The van der Waals surface area contributed by atoms with Crippen LogP contribution in [0.5, 0.6) is 0 Å². The Balaban J connectivity index is 1.52. The normalized spacial score (nSPS) is 28.7. The van der Waals surface area contributed by atoms with Crippen molar-refractivity contribution in [3.63, 3.8) is 0 Å². The summed E-state index contributed by atoms with van der Waals surface area (Å²) in [5, 5.41) is 0. The first kappa shape index (κ1) is 18.4. The van der Waals surface area contributed by atoms with Crippen molar-refractivity contribution in [3.8, 4) is 0 Å². The summed E-state index contributed by atoms with van der Waals surface area (Å²) in [4.78, 5) is 2.68. The fraction of sp³-hybridized carbons (Fsp3) is 0.647. The van der Waals surface area contributed by atoms with Gasteiger partial charge in [0.05, 0.1) is 23.0 Å². The SMILES string of the molecule is CS(=O)(=O)c1ccc(S(=O)(=O)N2CCN3[C@@H](COC[C@@H]3C3CC3)C2)cc1. The number of piperazine rings is 1. The minimum Gasteiger partial charge on any atom is -0.378 e. The highest BCUT2D eigenvalue weighted by Gasteiger charge is 2.44. The quantitative estimate of drug-likeness (QED) is 0.735. The van der Waals surface area contributed by atoms with E-state index in [0.29, 0.717) is 31.7 Å². The van der Waals surface area contributed by atoms with Crippen molar-refractivity contribution in [1.82, 2.24) is 9.21 Å². The Morgan fingerprint density at radius 3 is 2.23 bits per heavy atom. The zero-order valence-corrected chi connectivity index (χ0v) is 16.4. The lowest BCUT2D eigenvalue weighted by molar-refractivity contribution is -0.0759. The number of benzene rings is 1. The van der Waals surface area contributed by atoms with Crippen molar-refractivity contribution >= 4 is 19.9 Å². The van der Waals surface area contributed by atoms with Gasteiger partial charge in [0.1, 0.15) is 0 Å². The van der Waals surface area contributed by atoms with Crippen molar-refractivity contribution in [2.75, 3.05) is 39.1 Å². The molecule has 144 valence electrons. The molecule has 1 aromatic carbocycles. The maximum Gasteiger partial charge on any atom is 0.243 e. The molecule has 7 nitrogen and oxygen atoms in total. The Bertz CT molecular complexity index is 878. The third kappa shape index (κ3) is 3.43. The van der Waals surface area contributed by atoms with Crippen molar-refractivity contribution < 1.29 is 21.6 Å². The predicted molar refractivity (Wildman–Crippen MR) is 96.1 cm³/mol. The molecule has 26 heavy (non-hydrogen) atoms. The summed E-state index contributed by atoms with van der Waals surface area (Å²) in [5.74, 6) is 0.699. The summed E-state index contributed by atoms with van der Waals surface area (Å²) in [6.45, 7) is 2.90. The number of hydrogen-bond donors (Lipinski definition) is 0. The second kappa shape index (κ2) is 6.56. The van der Waals surface area contributed by atoms with Crippen molar-refractivity contribution in [3.05, 3.63) is 24.3 Å². The second-order valence-corrected chi connectivity index (χ2v) is 11.4. The first-order valence-electron chi connectivity index (χ1n) is 8.90. The molecule has 2 aliphatic heterocycles. The van der Waals surface area contributed by atoms with E-state index in [2.05, 4.69) is 4.90 Å². The lowest BCUT2D eigenvalue weighted by atomic mass is 10.0. The summed E-state index contributed by atoms with van der Waals surface area (Å²) < 4.78 is 56.3. The standard InChI is InChI=1S/C17H24N2O5S2/c1-25(20,21)15-4-6-16(7-5-15)26(22,23)18-8-9-19-14(10-18)11-24-12-17(19)13-2-3-13/h4-7,13-14,17H,2-3,8-12H2,1H3/t14-,17-/m1/s1. The number of morpholine rings is 1. The lowest BCUT2D eigenvalue weighted by Gasteiger charge is -2.47. The van der Waals surface area contributed by atoms with E-state index in [1.165, 1.54) is 41.4 Å². The smallest absolute Gasteiger partial charge is 0.243 e. The minimum atomic E-state index is -3.64. The van der Waals surface area contributed by atoms with Gasteiger partial charge in [0, 0.05) is 38.0 Å². The van der Waals surface area contributed by atoms with Crippen LogP contribution in [0.3, 0.4) is 0 Å². The summed E-state index contributed by atoms with van der Waals surface area (Å²) >= 11 is 0. The number of rotatable bonds is 4. The molecule has 0 N–H and O–H groups in total. The molecule has 2 saturated heterocycles. The summed E-state index contributed by atoms with van der Waals surface area (Å²) in [6, 6.07) is 5.97. The molecule has 3 aliphatic rings. The van der Waals surface area contributed by atoms with Crippen molar-refractivity contribution in [2.24, 2.45) is 5.92 Å². The first-order valence-corrected chi connectivity index (χ1v) is 12.2. The molecule has 0 spiro atoms. The van der Waals surface area contributed by atoms with Gasteiger partial charge in [-0.2, -0.15) is 4.31 Å². The van der Waals surface area contributed by atoms with Crippen LogP contribution in [0.4, 0.5) is 0 Å². The van der Waals surface area contributed by atoms with E-state index < -0.39 is 19.9 Å². The molecule has 9 heteroatoms. The zero-order chi connectivity index (χ0) is 18.5. The van der Waals surface area contributed by atoms with Crippen LogP contribution in [0.2, 0.25) is 0 Å². The monoisotopic (exact) mass is 400 g/mol. The van der Waals surface area contributed by atoms with E-state index in [0.717, 1.165) is 19.4 Å². The molecular formula is C17H24N2O5S2. The number of sulfonamides is 1. The van der Waals surface area contributed by atoms with Gasteiger partial charge in [0.25, 0.3) is 0 Å². The molecule has 0 aromatic heterocycles. The number of ether oxygens (including phenoxy) is 1. The van der Waals surface area contributed by atoms with Crippen LogP contribution in [-0.2, 0) is 24.6 Å². The van der Waals surface area contributed by atoms with Crippen LogP contribution >= 0.6 is 0 Å². The molecule has 1 aliphatic carbocycles. The number of nitrogens with zero attached hydrogens (tertiary/aromatic N) is 2. The Kier molecular flexibility index (Phi) is 4.63. The van der Waals surface area contributed by atoms with E-state index >= 15 is 0 Å². The molecule has 0 bridgehead atoms. The molecule has 1 aromatic rings. The highest BCUT2D eigenvalue weighted by molar-refractivity contribution is 7.90. The number of hydrogen-bond acceptors (Lipinski definition) is 6. The molecule has 2 heterocycles. The second-order valence-electron chi connectivity index (χ2n) is 7.44. The Hall–Kier alpha value is -1.00. The maximum absolute atomic E-state index is 13.0. The number of sulfone groups is 1. The molecule has 0 radical (unpaired) electrons. The molecule has 0 unspecified atom stereocenters. The van der Waals surface area contributed by atoms with E-state index in [4.69, 9.17) is 4.74 Å². The number of fused-ring (bicyclic) bond motifs is 1. The third-order valence-electron chi connectivity index (χ3n) is 5.57. The van der Waals surface area contributed by atoms with Crippen LogP contribution in [0, 0.1) is 5.92 Å². The highest BCUT2D eigenvalue weighted by Crippen LogP contribution is 2.38. The van der Waals surface area contributed by atoms with Gasteiger partial charge < -0.3 is 4.74 Å². The van der Waals surface area contributed by atoms with Gasteiger partial charge in [-0.1, -0.05) is 0 Å². The van der Waals surface area contributed by atoms with Crippen molar-refractivity contribution in [2.45, 2.75) is 34.7 Å². The molecule has 4 rings (SSSR count).